The third-order valence-electron chi connectivity index (χ3n) is 4.19. The van der Waals surface area contributed by atoms with Crippen LogP contribution >= 0.6 is 0 Å². The van der Waals surface area contributed by atoms with Crippen LogP contribution in [-0.2, 0) is 0 Å². The summed E-state index contributed by atoms with van der Waals surface area (Å²) in [5, 5.41) is 14.0. The van der Waals surface area contributed by atoms with E-state index in [4.69, 9.17) is 4.74 Å². The van der Waals surface area contributed by atoms with Gasteiger partial charge in [-0.15, -0.1) is 0 Å². The van der Waals surface area contributed by atoms with Crippen molar-refractivity contribution in [3.8, 4) is 5.75 Å². The van der Waals surface area contributed by atoms with Crippen molar-refractivity contribution >= 4 is 11.6 Å². The van der Waals surface area contributed by atoms with Gasteiger partial charge in [0.2, 0.25) is 0 Å². The van der Waals surface area contributed by atoms with Crippen molar-refractivity contribution in [3.05, 3.63) is 69.3 Å². The Balaban J connectivity index is 2.22. The van der Waals surface area contributed by atoms with Crippen molar-refractivity contribution in [1.82, 2.24) is 5.32 Å². The fraction of sp³-hybridized carbons (Fsp3) is 0.350. The summed E-state index contributed by atoms with van der Waals surface area (Å²) in [5.41, 5.74) is 1.88. The number of amides is 1. The third kappa shape index (κ3) is 4.81. The molecule has 0 aliphatic rings. The normalized spacial score (nSPS) is 11.9. The minimum absolute atomic E-state index is 0.00966. The Bertz CT molecular complexity index is 785. The van der Waals surface area contributed by atoms with Gasteiger partial charge in [-0.2, -0.15) is 0 Å². The van der Waals surface area contributed by atoms with Crippen LogP contribution < -0.4 is 10.1 Å². The Kier molecular flexibility index (Phi) is 6.33. The van der Waals surface area contributed by atoms with E-state index in [1.165, 1.54) is 12.1 Å². The number of hydrogen-bond donors (Lipinski definition) is 1. The molecular weight excluding hydrogens is 332 g/mol. The molecule has 1 N–H and O–H groups in total. The summed E-state index contributed by atoms with van der Waals surface area (Å²) >= 11 is 0. The second-order valence-corrected chi connectivity index (χ2v) is 6.69. The predicted molar refractivity (Wildman–Crippen MR) is 100 cm³/mol. The van der Waals surface area contributed by atoms with Gasteiger partial charge >= 0.3 is 0 Å². The van der Waals surface area contributed by atoms with Crippen LogP contribution in [0.1, 0.15) is 47.8 Å². The zero-order valence-electron chi connectivity index (χ0n) is 15.5. The molecular formula is C20H24N2O4. The van der Waals surface area contributed by atoms with Crippen LogP contribution in [0, 0.1) is 23.0 Å². The highest BCUT2D eigenvalue weighted by atomic mass is 16.6. The largest absolute Gasteiger partial charge is 0.497 e. The molecule has 6 nitrogen and oxygen atoms in total. The number of benzene rings is 2. The van der Waals surface area contributed by atoms with Gasteiger partial charge in [-0.05, 0) is 49.1 Å². The van der Waals surface area contributed by atoms with Gasteiger partial charge in [0.15, 0.2) is 0 Å². The first-order valence-corrected chi connectivity index (χ1v) is 8.51. The molecule has 0 aliphatic heterocycles. The molecule has 0 spiro atoms. The maximum Gasteiger partial charge on any atom is 0.272 e. The molecule has 6 heteroatoms. The number of methoxy groups -OCH3 is 1. The van der Waals surface area contributed by atoms with Crippen molar-refractivity contribution in [2.45, 2.75) is 33.2 Å². The molecule has 26 heavy (non-hydrogen) atoms. The molecule has 0 unspecified atom stereocenters. The van der Waals surface area contributed by atoms with Crippen molar-refractivity contribution in [3.63, 3.8) is 0 Å². The first-order valence-electron chi connectivity index (χ1n) is 8.51. The summed E-state index contributed by atoms with van der Waals surface area (Å²) < 4.78 is 5.18. The number of carbonyl (C=O) groups excluding carboxylic acids is 1. The molecule has 1 amide bonds. The first kappa shape index (κ1) is 19.4. The van der Waals surface area contributed by atoms with E-state index >= 15 is 0 Å². The highest BCUT2D eigenvalue weighted by Crippen LogP contribution is 2.25. The van der Waals surface area contributed by atoms with Gasteiger partial charge < -0.3 is 10.1 Å². The third-order valence-corrected chi connectivity index (χ3v) is 4.19. The average molecular weight is 356 g/mol. The SMILES string of the molecule is COc1ccc([C@@H](CC(C)C)NC(=O)c2ccc([N+](=O)[O-])c(C)c2)cc1. The smallest absolute Gasteiger partial charge is 0.272 e. The Hall–Kier alpha value is -2.89. The second-order valence-electron chi connectivity index (χ2n) is 6.69. The lowest BCUT2D eigenvalue weighted by Crippen LogP contribution is -2.29. The Morgan fingerprint density at radius 1 is 1.19 bits per heavy atom. The van der Waals surface area contributed by atoms with Crippen LogP contribution in [0.3, 0.4) is 0 Å². The summed E-state index contributed by atoms with van der Waals surface area (Å²) in [6.07, 6.45) is 0.782. The molecule has 0 saturated carbocycles. The molecule has 0 heterocycles. The minimum atomic E-state index is -0.448. The number of nitro benzene ring substituents is 1. The van der Waals surface area contributed by atoms with Gasteiger partial charge in [0, 0.05) is 17.2 Å². The van der Waals surface area contributed by atoms with E-state index in [0.29, 0.717) is 17.0 Å². The molecule has 0 radical (unpaired) electrons. The van der Waals surface area contributed by atoms with Crippen LogP contribution in [-0.4, -0.2) is 17.9 Å². The standard InChI is InChI=1S/C20H24N2O4/c1-13(2)11-18(15-5-8-17(26-4)9-6-15)21-20(23)16-7-10-19(22(24)25)14(3)12-16/h5-10,12-13,18H,11H2,1-4H3,(H,21,23)/t18-/m1/s1. The monoisotopic (exact) mass is 356 g/mol. The molecule has 2 rings (SSSR count). The Labute approximate surface area is 153 Å². The van der Waals surface area contributed by atoms with Gasteiger partial charge in [0.05, 0.1) is 18.1 Å². The van der Waals surface area contributed by atoms with Crippen molar-refractivity contribution in [2.24, 2.45) is 5.92 Å². The highest BCUT2D eigenvalue weighted by molar-refractivity contribution is 5.95. The molecule has 2 aromatic rings. The maximum atomic E-state index is 12.7. The predicted octanol–water partition coefficient (Wildman–Crippen LogP) is 4.43. The van der Waals surface area contributed by atoms with Gasteiger partial charge in [-0.25, -0.2) is 0 Å². The lowest BCUT2D eigenvalue weighted by molar-refractivity contribution is -0.385. The van der Waals surface area contributed by atoms with E-state index in [1.807, 2.05) is 24.3 Å². The fourth-order valence-corrected chi connectivity index (χ4v) is 2.83. The molecule has 2 aromatic carbocycles. The summed E-state index contributed by atoms with van der Waals surface area (Å²) in [6, 6.07) is 11.9. The lowest BCUT2D eigenvalue weighted by atomic mass is 9.96. The Morgan fingerprint density at radius 3 is 2.35 bits per heavy atom. The van der Waals surface area contributed by atoms with Crippen LogP contribution in [0.4, 0.5) is 5.69 Å². The van der Waals surface area contributed by atoms with Crippen LogP contribution in [0.2, 0.25) is 0 Å². The van der Waals surface area contributed by atoms with E-state index in [9.17, 15) is 14.9 Å². The number of ether oxygens (including phenoxy) is 1. The molecule has 0 saturated heterocycles. The number of nitrogens with one attached hydrogen (secondary N) is 1. The fourth-order valence-electron chi connectivity index (χ4n) is 2.83. The molecule has 1 atom stereocenters. The van der Waals surface area contributed by atoms with E-state index in [-0.39, 0.29) is 17.6 Å². The average Bonchev–Trinajstić information content (AvgIpc) is 2.60. The van der Waals surface area contributed by atoms with Gasteiger partial charge in [-0.3, -0.25) is 14.9 Å². The molecule has 0 aromatic heterocycles. The van der Waals surface area contributed by atoms with Gasteiger partial charge in [0.25, 0.3) is 11.6 Å². The van der Waals surface area contributed by atoms with E-state index in [1.54, 1.807) is 20.1 Å². The topological polar surface area (TPSA) is 81.5 Å². The van der Waals surface area contributed by atoms with E-state index < -0.39 is 4.92 Å². The van der Waals surface area contributed by atoms with Crippen molar-refractivity contribution in [2.75, 3.05) is 7.11 Å². The minimum Gasteiger partial charge on any atom is -0.497 e. The van der Waals surface area contributed by atoms with Crippen molar-refractivity contribution in [1.29, 1.82) is 0 Å². The van der Waals surface area contributed by atoms with Crippen molar-refractivity contribution < 1.29 is 14.5 Å². The molecule has 138 valence electrons. The van der Waals surface area contributed by atoms with Gasteiger partial charge in [0.1, 0.15) is 5.75 Å². The quantitative estimate of drug-likeness (QED) is 0.588. The number of nitro groups is 1. The van der Waals surface area contributed by atoms with Gasteiger partial charge in [-0.1, -0.05) is 26.0 Å². The number of aryl methyl sites for hydroxylation is 1. The van der Waals surface area contributed by atoms with E-state index in [2.05, 4.69) is 19.2 Å². The van der Waals surface area contributed by atoms with E-state index in [0.717, 1.165) is 17.7 Å². The number of hydrogen-bond acceptors (Lipinski definition) is 4. The zero-order valence-corrected chi connectivity index (χ0v) is 15.5. The molecule has 0 aliphatic carbocycles. The number of nitrogens with zero attached hydrogens (tertiary/aromatic N) is 1. The summed E-state index contributed by atoms with van der Waals surface area (Å²) in [7, 11) is 1.61. The zero-order chi connectivity index (χ0) is 19.3. The van der Waals surface area contributed by atoms with Crippen LogP contribution in [0.25, 0.3) is 0 Å². The highest BCUT2D eigenvalue weighted by Gasteiger charge is 2.19. The molecule has 0 bridgehead atoms. The second kappa shape index (κ2) is 8.47. The summed E-state index contributed by atoms with van der Waals surface area (Å²) in [6.45, 7) is 5.82. The van der Waals surface area contributed by atoms with Crippen LogP contribution in [0.5, 0.6) is 5.75 Å². The van der Waals surface area contributed by atoms with Crippen LogP contribution in [0.15, 0.2) is 42.5 Å². The lowest BCUT2D eigenvalue weighted by Gasteiger charge is -2.21. The molecule has 0 fully saturated rings. The summed E-state index contributed by atoms with van der Waals surface area (Å²) in [5.74, 6) is 0.903. The summed E-state index contributed by atoms with van der Waals surface area (Å²) in [4.78, 5) is 23.1. The Morgan fingerprint density at radius 2 is 1.85 bits per heavy atom. The maximum absolute atomic E-state index is 12.7. The number of carbonyl (C=O) groups is 1. The number of rotatable bonds is 7. The first-order chi connectivity index (χ1) is 12.3.